The fraction of sp³-hybridized carbons (Fsp3) is 0.409. The van der Waals surface area contributed by atoms with Gasteiger partial charge in [0.1, 0.15) is 5.75 Å². The zero-order valence-electron chi connectivity index (χ0n) is 16.9. The second-order valence-electron chi connectivity index (χ2n) is 7.14. The van der Waals surface area contributed by atoms with E-state index >= 15 is 0 Å². The summed E-state index contributed by atoms with van der Waals surface area (Å²) < 4.78 is 29.4. The summed E-state index contributed by atoms with van der Waals surface area (Å²) >= 11 is 0. The lowest BCUT2D eigenvalue weighted by atomic mass is 10.0. The highest BCUT2D eigenvalue weighted by molar-refractivity contribution is 7.91. The van der Waals surface area contributed by atoms with Crippen LogP contribution < -0.4 is 10.1 Å². The molecule has 1 atom stereocenters. The van der Waals surface area contributed by atoms with Crippen LogP contribution in [0.3, 0.4) is 0 Å². The van der Waals surface area contributed by atoms with Gasteiger partial charge in [0.05, 0.1) is 23.8 Å². The number of para-hydroxylation sites is 1. The molecule has 1 saturated heterocycles. The molecule has 0 saturated carbocycles. The zero-order chi connectivity index (χ0) is 20.9. The van der Waals surface area contributed by atoms with Gasteiger partial charge in [-0.05, 0) is 56.3 Å². The molecule has 0 radical (unpaired) electrons. The van der Waals surface area contributed by atoms with Gasteiger partial charge < -0.3 is 10.1 Å². The Hall–Kier alpha value is -2.38. The first-order chi connectivity index (χ1) is 14.0. The van der Waals surface area contributed by atoms with Crippen molar-refractivity contribution in [3.63, 3.8) is 0 Å². The predicted molar refractivity (Wildman–Crippen MR) is 113 cm³/mol. The molecular formula is C22H28N2O4S. The first kappa shape index (κ1) is 21.3. The predicted octanol–water partition coefficient (Wildman–Crippen LogP) is 3.06. The minimum Gasteiger partial charge on any atom is -0.496 e. The molecule has 0 spiro atoms. The summed E-state index contributed by atoms with van der Waals surface area (Å²) in [5.74, 6) is 0.631. The third-order valence-corrected chi connectivity index (χ3v) is 7.14. The van der Waals surface area contributed by atoms with E-state index in [9.17, 15) is 13.2 Å². The molecule has 1 fully saturated rings. The monoisotopic (exact) mass is 416 g/mol. The van der Waals surface area contributed by atoms with Crippen LogP contribution in [0.25, 0.3) is 0 Å². The largest absolute Gasteiger partial charge is 0.496 e. The van der Waals surface area contributed by atoms with Crippen molar-refractivity contribution in [2.45, 2.75) is 30.7 Å². The molecule has 2 aromatic rings. The highest BCUT2D eigenvalue weighted by Gasteiger charge is 2.26. The summed E-state index contributed by atoms with van der Waals surface area (Å²) in [7, 11) is -1.62. The molecule has 1 N–H and O–H groups in total. The quantitative estimate of drug-likeness (QED) is 0.716. The van der Waals surface area contributed by atoms with Gasteiger partial charge in [-0.3, -0.25) is 9.69 Å². The molecule has 3 rings (SSSR count). The van der Waals surface area contributed by atoms with E-state index in [0.29, 0.717) is 12.1 Å². The summed E-state index contributed by atoms with van der Waals surface area (Å²) in [6.45, 7) is 4.03. The smallest absolute Gasteiger partial charge is 0.251 e. The molecule has 6 nitrogen and oxygen atoms in total. The van der Waals surface area contributed by atoms with Gasteiger partial charge in [0.25, 0.3) is 5.91 Å². The van der Waals surface area contributed by atoms with Gasteiger partial charge in [0, 0.05) is 17.7 Å². The zero-order valence-corrected chi connectivity index (χ0v) is 17.7. The Morgan fingerprint density at radius 3 is 2.38 bits per heavy atom. The van der Waals surface area contributed by atoms with E-state index in [1.807, 2.05) is 24.3 Å². The number of nitrogens with zero attached hydrogens (tertiary/aromatic N) is 1. The number of methoxy groups -OCH3 is 1. The van der Waals surface area contributed by atoms with E-state index < -0.39 is 9.84 Å². The molecule has 29 heavy (non-hydrogen) atoms. The van der Waals surface area contributed by atoms with Crippen LogP contribution in [0.15, 0.2) is 53.4 Å². The van der Waals surface area contributed by atoms with Gasteiger partial charge in [-0.25, -0.2) is 8.42 Å². The minimum atomic E-state index is -3.27. The number of nitrogens with one attached hydrogen (secondary N) is 1. The summed E-state index contributed by atoms with van der Waals surface area (Å²) in [6, 6.07) is 14.0. The van der Waals surface area contributed by atoms with Crippen LogP contribution in [0.5, 0.6) is 5.75 Å². The summed E-state index contributed by atoms with van der Waals surface area (Å²) in [5.41, 5.74) is 1.50. The van der Waals surface area contributed by atoms with E-state index in [1.165, 1.54) is 12.1 Å². The number of rotatable bonds is 8. The van der Waals surface area contributed by atoms with Gasteiger partial charge >= 0.3 is 0 Å². The minimum absolute atomic E-state index is 0.0253. The fourth-order valence-electron chi connectivity index (χ4n) is 3.70. The van der Waals surface area contributed by atoms with Crippen molar-refractivity contribution in [3.05, 3.63) is 59.7 Å². The topological polar surface area (TPSA) is 75.7 Å². The second-order valence-corrected chi connectivity index (χ2v) is 9.42. The van der Waals surface area contributed by atoms with Crippen LogP contribution in [0.4, 0.5) is 0 Å². The van der Waals surface area contributed by atoms with Crippen LogP contribution in [0.1, 0.15) is 41.7 Å². The molecular weight excluding hydrogens is 388 g/mol. The van der Waals surface area contributed by atoms with Gasteiger partial charge in [-0.1, -0.05) is 25.1 Å². The molecule has 0 aliphatic carbocycles. The maximum Gasteiger partial charge on any atom is 0.251 e. The van der Waals surface area contributed by atoms with Crippen LogP contribution in [-0.2, 0) is 9.84 Å². The van der Waals surface area contributed by atoms with Crippen molar-refractivity contribution >= 4 is 15.7 Å². The standard InChI is InChI=1S/C22H28N2O4S/c1-3-29(26,27)18-12-10-17(11-13-18)22(25)23-16-20(24-14-6-7-15-24)19-8-4-5-9-21(19)28-2/h4-5,8-13,20H,3,6-7,14-16H2,1-2H3,(H,23,25). The number of hydrogen-bond donors (Lipinski definition) is 1. The molecule has 156 valence electrons. The SMILES string of the molecule is CCS(=O)(=O)c1ccc(C(=O)NCC(c2ccccc2OC)N2CCCC2)cc1. The van der Waals surface area contributed by atoms with Crippen molar-refractivity contribution in [3.8, 4) is 5.75 Å². The van der Waals surface area contributed by atoms with Crippen LogP contribution in [0, 0.1) is 0 Å². The van der Waals surface area contributed by atoms with Gasteiger partial charge in [-0.2, -0.15) is 0 Å². The van der Waals surface area contributed by atoms with Crippen LogP contribution >= 0.6 is 0 Å². The fourth-order valence-corrected chi connectivity index (χ4v) is 4.59. The Balaban J connectivity index is 1.74. The van der Waals surface area contributed by atoms with Gasteiger partial charge in [-0.15, -0.1) is 0 Å². The van der Waals surface area contributed by atoms with Crippen molar-refractivity contribution in [2.75, 3.05) is 32.5 Å². The molecule has 1 aliphatic rings. The van der Waals surface area contributed by atoms with Crippen molar-refractivity contribution in [2.24, 2.45) is 0 Å². The molecule has 7 heteroatoms. The molecule has 1 aliphatic heterocycles. The number of carbonyl (C=O) groups excluding carboxylic acids is 1. The van der Waals surface area contributed by atoms with Crippen LogP contribution in [-0.4, -0.2) is 51.7 Å². The average molecular weight is 417 g/mol. The third kappa shape index (κ3) is 4.97. The molecule has 2 aromatic carbocycles. The maximum absolute atomic E-state index is 12.7. The molecule has 1 unspecified atom stereocenters. The molecule has 1 heterocycles. The number of sulfone groups is 1. The first-order valence-electron chi connectivity index (χ1n) is 9.94. The molecule has 0 bridgehead atoms. The number of amides is 1. The highest BCUT2D eigenvalue weighted by Crippen LogP contribution is 2.31. The average Bonchev–Trinajstić information content (AvgIpc) is 3.28. The first-order valence-corrected chi connectivity index (χ1v) is 11.6. The van der Waals surface area contributed by atoms with E-state index in [2.05, 4.69) is 10.2 Å². The highest BCUT2D eigenvalue weighted by atomic mass is 32.2. The van der Waals surface area contributed by atoms with E-state index in [0.717, 1.165) is 37.2 Å². The lowest BCUT2D eigenvalue weighted by Gasteiger charge is -2.29. The number of ether oxygens (including phenoxy) is 1. The van der Waals surface area contributed by atoms with Crippen molar-refractivity contribution in [1.82, 2.24) is 10.2 Å². The maximum atomic E-state index is 12.7. The Morgan fingerprint density at radius 1 is 1.10 bits per heavy atom. The van der Waals surface area contributed by atoms with Gasteiger partial charge in [0.15, 0.2) is 9.84 Å². The normalized spacial score (nSPS) is 15.8. The lowest BCUT2D eigenvalue weighted by Crippen LogP contribution is -2.37. The summed E-state index contributed by atoms with van der Waals surface area (Å²) in [6.07, 6.45) is 2.29. The molecule has 1 amide bonds. The number of likely N-dealkylation sites (tertiary alicyclic amines) is 1. The Kier molecular flexibility index (Phi) is 6.92. The lowest BCUT2D eigenvalue weighted by molar-refractivity contribution is 0.0937. The number of carbonyl (C=O) groups is 1. The number of benzene rings is 2. The van der Waals surface area contributed by atoms with Crippen molar-refractivity contribution < 1.29 is 17.9 Å². The van der Waals surface area contributed by atoms with Gasteiger partial charge in [0.2, 0.25) is 0 Å². The van der Waals surface area contributed by atoms with Crippen molar-refractivity contribution in [1.29, 1.82) is 0 Å². The van der Waals surface area contributed by atoms with Crippen LogP contribution in [0.2, 0.25) is 0 Å². The Morgan fingerprint density at radius 2 is 1.76 bits per heavy atom. The summed E-state index contributed by atoms with van der Waals surface area (Å²) in [4.78, 5) is 15.3. The van der Waals surface area contributed by atoms with E-state index in [4.69, 9.17) is 4.74 Å². The molecule has 0 aromatic heterocycles. The number of hydrogen-bond acceptors (Lipinski definition) is 5. The summed E-state index contributed by atoms with van der Waals surface area (Å²) in [5, 5.41) is 3.01. The Bertz CT molecular complexity index is 936. The Labute approximate surface area is 172 Å². The van der Waals surface area contributed by atoms with E-state index in [1.54, 1.807) is 26.2 Å². The second kappa shape index (κ2) is 9.41. The third-order valence-electron chi connectivity index (χ3n) is 5.39. The van der Waals surface area contributed by atoms with E-state index in [-0.39, 0.29) is 22.6 Å².